The molecule has 2 rings (SSSR count). The van der Waals surface area contributed by atoms with E-state index in [0.717, 1.165) is 22.3 Å². The normalized spacial score (nSPS) is 12.4. The minimum absolute atomic E-state index is 0.606. The second-order valence-corrected chi connectivity index (χ2v) is 4.06. The Morgan fingerprint density at radius 2 is 2.12 bits per heavy atom. The molecule has 0 saturated carbocycles. The summed E-state index contributed by atoms with van der Waals surface area (Å²) in [6.45, 7) is 3.55. The van der Waals surface area contributed by atoms with Gasteiger partial charge < -0.3 is 10.4 Å². The Hall–Kier alpha value is -2.10. The summed E-state index contributed by atoms with van der Waals surface area (Å²) in [5, 5.41) is 12.7. The summed E-state index contributed by atoms with van der Waals surface area (Å²) in [5.41, 5.74) is 2.67. The zero-order valence-electron chi connectivity index (χ0n) is 9.77. The molecule has 2 N–H and O–H groups in total. The highest BCUT2D eigenvalue weighted by molar-refractivity contribution is 5.84. The van der Waals surface area contributed by atoms with E-state index in [1.165, 1.54) is 0 Å². The summed E-state index contributed by atoms with van der Waals surface area (Å²) in [6, 6.07) is 8.95. The number of hydrogen-bond acceptors (Lipinski definition) is 3. The first-order valence-electron chi connectivity index (χ1n) is 5.43. The van der Waals surface area contributed by atoms with E-state index in [1.807, 2.05) is 37.3 Å². The van der Waals surface area contributed by atoms with Gasteiger partial charge in [-0.25, -0.2) is 0 Å². The van der Waals surface area contributed by atoms with Crippen molar-refractivity contribution in [1.82, 2.24) is 4.98 Å². The molecule has 0 amide bonds. The first-order chi connectivity index (χ1) is 8.06. The number of anilines is 1. The third-order valence-electron chi connectivity index (χ3n) is 2.58. The Bertz CT molecular complexity index is 566. The van der Waals surface area contributed by atoms with Gasteiger partial charge in [0.25, 0.3) is 0 Å². The van der Waals surface area contributed by atoms with Gasteiger partial charge in [-0.3, -0.25) is 9.78 Å². The van der Waals surface area contributed by atoms with E-state index in [-0.39, 0.29) is 0 Å². The average Bonchev–Trinajstić information content (AvgIpc) is 2.29. The summed E-state index contributed by atoms with van der Waals surface area (Å²) >= 11 is 0. The fraction of sp³-hybridized carbons (Fsp3) is 0.231. The quantitative estimate of drug-likeness (QED) is 0.850. The van der Waals surface area contributed by atoms with E-state index >= 15 is 0 Å². The molecule has 0 aliphatic heterocycles. The molecule has 0 fully saturated rings. The summed E-state index contributed by atoms with van der Waals surface area (Å²) in [6.07, 6.45) is 0. The molecular formula is C13H14N2O2. The van der Waals surface area contributed by atoms with Crippen molar-refractivity contribution >= 4 is 22.6 Å². The third kappa shape index (κ3) is 2.53. The van der Waals surface area contributed by atoms with E-state index in [4.69, 9.17) is 5.11 Å². The van der Waals surface area contributed by atoms with Crippen LogP contribution in [0, 0.1) is 6.92 Å². The van der Waals surface area contributed by atoms with Gasteiger partial charge in [-0.1, -0.05) is 6.07 Å². The number of nitrogens with one attached hydrogen (secondary N) is 1. The molecule has 4 nitrogen and oxygen atoms in total. The van der Waals surface area contributed by atoms with Crippen LogP contribution < -0.4 is 5.32 Å². The van der Waals surface area contributed by atoms with Gasteiger partial charge in [-0.15, -0.1) is 0 Å². The fourth-order valence-electron chi connectivity index (χ4n) is 1.63. The molecule has 0 radical (unpaired) electrons. The number of nitrogens with zero attached hydrogens (tertiary/aromatic N) is 1. The Balaban J connectivity index is 2.32. The molecule has 0 spiro atoms. The molecule has 17 heavy (non-hydrogen) atoms. The molecule has 4 heteroatoms. The highest BCUT2D eigenvalue weighted by atomic mass is 16.4. The second kappa shape index (κ2) is 4.41. The van der Waals surface area contributed by atoms with Gasteiger partial charge in [0.2, 0.25) is 0 Å². The number of aliphatic carboxylic acids is 1. The number of rotatable bonds is 3. The summed E-state index contributed by atoms with van der Waals surface area (Å²) < 4.78 is 0. The van der Waals surface area contributed by atoms with E-state index in [9.17, 15) is 4.79 Å². The summed E-state index contributed by atoms with van der Waals surface area (Å²) in [4.78, 5) is 15.1. The molecule has 88 valence electrons. The van der Waals surface area contributed by atoms with Crippen molar-refractivity contribution in [2.75, 3.05) is 5.32 Å². The number of aryl methyl sites for hydroxylation is 1. The topological polar surface area (TPSA) is 62.2 Å². The molecule has 0 aliphatic rings. The van der Waals surface area contributed by atoms with Crippen LogP contribution in [0.25, 0.3) is 10.9 Å². The van der Waals surface area contributed by atoms with Crippen LogP contribution in [-0.4, -0.2) is 22.1 Å². The van der Waals surface area contributed by atoms with Crippen LogP contribution in [0.4, 0.5) is 5.69 Å². The van der Waals surface area contributed by atoms with Crippen LogP contribution in [0.2, 0.25) is 0 Å². The van der Waals surface area contributed by atoms with Crippen molar-refractivity contribution in [3.63, 3.8) is 0 Å². The van der Waals surface area contributed by atoms with Crippen molar-refractivity contribution in [2.24, 2.45) is 0 Å². The molecular weight excluding hydrogens is 216 g/mol. The van der Waals surface area contributed by atoms with Crippen molar-refractivity contribution in [3.8, 4) is 0 Å². The van der Waals surface area contributed by atoms with Gasteiger partial charge in [-0.05, 0) is 38.1 Å². The maximum atomic E-state index is 10.7. The van der Waals surface area contributed by atoms with Gasteiger partial charge in [-0.2, -0.15) is 0 Å². The lowest BCUT2D eigenvalue weighted by Crippen LogP contribution is -2.25. The molecule has 0 aliphatic carbocycles. The zero-order chi connectivity index (χ0) is 12.4. The number of pyridine rings is 1. The lowest BCUT2D eigenvalue weighted by atomic mass is 10.1. The SMILES string of the molecule is Cc1ccc2cc(NC(C)C(=O)O)ccc2n1. The van der Waals surface area contributed by atoms with Crippen molar-refractivity contribution in [1.29, 1.82) is 0 Å². The number of carboxylic acids is 1. The standard InChI is InChI=1S/C13H14N2O2/c1-8-3-4-10-7-11(5-6-12(10)14-8)15-9(2)13(16)17/h3-7,9,15H,1-2H3,(H,16,17). The third-order valence-corrected chi connectivity index (χ3v) is 2.58. The van der Waals surface area contributed by atoms with E-state index < -0.39 is 12.0 Å². The summed E-state index contributed by atoms with van der Waals surface area (Å²) in [5.74, 6) is -0.868. The maximum Gasteiger partial charge on any atom is 0.325 e. The lowest BCUT2D eigenvalue weighted by molar-refractivity contribution is -0.137. The smallest absolute Gasteiger partial charge is 0.325 e. The second-order valence-electron chi connectivity index (χ2n) is 4.06. The molecule has 1 aromatic carbocycles. The largest absolute Gasteiger partial charge is 0.480 e. The van der Waals surface area contributed by atoms with Gasteiger partial charge in [0.05, 0.1) is 5.52 Å². The maximum absolute atomic E-state index is 10.7. The number of hydrogen-bond donors (Lipinski definition) is 2. The number of fused-ring (bicyclic) bond motifs is 1. The summed E-state index contributed by atoms with van der Waals surface area (Å²) in [7, 11) is 0. The Morgan fingerprint density at radius 1 is 1.35 bits per heavy atom. The number of benzene rings is 1. The minimum atomic E-state index is -0.868. The minimum Gasteiger partial charge on any atom is -0.480 e. The van der Waals surface area contributed by atoms with E-state index in [2.05, 4.69) is 10.3 Å². The highest BCUT2D eigenvalue weighted by Crippen LogP contribution is 2.18. The van der Waals surface area contributed by atoms with Crippen molar-refractivity contribution < 1.29 is 9.90 Å². The van der Waals surface area contributed by atoms with Gasteiger partial charge in [0.1, 0.15) is 6.04 Å². The molecule has 1 aromatic heterocycles. The monoisotopic (exact) mass is 230 g/mol. The Kier molecular flexibility index (Phi) is 2.95. The van der Waals surface area contributed by atoms with Crippen LogP contribution in [0.1, 0.15) is 12.6 Å². The van der Waals surface area contributed by atoms with E-state index in [0.29, 0.717) is 0 Å². The fourth-order valence-corrected chi connectivity index (χ4v) is 1.63. The molecule has 1 unspecified atom stereocenters. The zero-order valence-corrected chi connectivity index (χ0v) is 9.77. The number of carboxylic acid groups (broad SMARTS) is 1. The van der Waals surface area contributed by atoms with Crippen LogP contribution in [-0.2, 0) is 4.79 Å². The molecule has 0 saturated heterocycles. The van der Waals surface area contributed by atoms with Gasteiger partial charge in [0, 0.05) is 16.8 Å². The van der Waals surface area contributed by atoms with Crippen molar-refractivity contribution in [3.05, 3.63) is 36.0 Å². The van der Waals surface area contributed by atoms with Crippen LogP contribution >= 0.6 is 0 Å². The van der Waals surface area contributed by atoms with Crippen LogP contribution in [0.5, 0.6) is 0 Å². The Labute approximate surface area is 99.3 Å². The van der Waals surface area contributed by atoms with Gasteiger partial charge in [0.15, 0.2) is 0 Å². The van der Waals surface area contributed by atoms with Crippen LogP contribution in [0.3, 0.4) is 0 Å². The molecule has 1 atom stereocenters. The van der Waals surface area contributed by atoms with E-state index in [1.54, 1.807) is 6.92 Å². The predicted octanol–water partition coefficient (Wildman–Crippen LogP) is 2.43. The molecule has 2 aromatic rings. The van der Waals surface area contributed by atoms with Crippen molar-refractivity contribution in [2.45, 2.75) is 19.9 Å². The number of aromatic nitrogens is 1. The van der Waals surface area contributed by atoms with Crippen LogP contribution in [0.15, 0.2) is 30.3 Å². The predicted molar refractivity (Wildman–Crippen MR) is 67.2 cm³/mol. The van der Waals surface area contributed by atoms with Gasteiger partial charge >= 0.3 is 5.97 Å². The Morgan fingerprint density at radius 3 is 2.82 bits per heavy atom. The highest BCUT2D eigenvalue weighted by Gasteiger charge is 2.10. The lowest BCUT2D eigenvalue weighted by Gasteiger charge is -2.11. The first kappa shape index (κ1) is 11.4. The molecule has 1 heterocycles. The number of carbonyl (C=O) groups is 1. The first-order valence-corrected chi connectivity index (χ1v) is 5.43. The molecule has 0 bridgehead atoms. The average molecular weight is 230 g/mol.